The van der Waals surface area contributed by atoms with Crippen molar-refractivity contribution in [1.29, 1.82) is 0 Å². The van der Waals surface area contributed by atoms with Crippen LogP contribution in [0.5, 0.6) is 0 Å². The number of ether oxygens (including phenoxy) is 3. The third-order valence-corrected chi connectivity index (χ3v) is 6.67. The first-order valence-corrected chi connectivity index (χ1v) is 12.4. The molecule has 0 N–H and O–H groups in total. The lowest BCUT2D eigenvalue weighted by molar-refractivity contribution is -0.671. The summed E-state index contributed by atoms with van der Waals surface area (Å²) in [5, 5.41) is 0. The van der Waals surface area contributed by atoms with E-state index < -0.39 is 22.4 Å². The lowest BCUT2D eigenvalue weighted by Gasteiger charge is -2.33. The van der Waals surface area contributed by atoms with Crippen molar-refractivity contribution >= 4 is 11.9 Å². The van der Waals surface area contributed by atoms with Crippen LogP contribution in [0.4, 0.5) is 0 Å². The lowest BCUT2D eigenvalue weighted by atomic mass is 9.89. The highest BCUT2D eigenvalue weighted by Gasteiger charge is 2.40. The molecule has 0 aliphatic heterocycles. The number of hydrogen-bond acceptors (Lipinski definition) is 5. The Kier molecular flexibility index (Phi) is 9.67. The van der Waals surface area contributed by atoms with Gasteiger partial charge in [0.25, 0.3) is 0 Å². The first-order chi connectivity index (χ1) is 16.3. The quantitative estimate of drug-likeness (QED) is 0.305. The Bertz CT molecular complexity index is 977. The maximum absolute atomic E-state index is 13.2. The number of benzene rings is 1. The molecule has 7 heteroatoms. The van der Waals surface area contributed by atoms with Crippen LogP contribution in [0.1, 0.15) is 72.4 Å². The summed E-state index contributed by atoms with van der Waals surface area (Å²) in [6.07, 6.45) is 7.47. The molecule has 0 aliphatic carbocycles. The summed E-state index contributed by atoms with van der Waals surface area (Å²) in [5.74, 6) is -0.781. The molecule has 1 unspecified atom stereocenters. The van der Waals surface area contributed by atoms with Gasteiger partial charge in [-0.05, 0) is 58.6 Å². The van der Waals surface area contributed by atoms with Crippen molar-refractivity contribution in [2.75, 3.05) is 13.2 Å². The van der Waals surface area contributed by atoms with E-state index >= 15 is 0 Å². The molecule has 1 atom stereocenters. The maximum Gasteiger partial charge on any atom is 0.317 e. The molecule has 35 heavy (non-hydrogen) atoms. The van der Waals surface area contributed by atoms with Crippen molar-refractivity contribution in [3.05, 3.63) is 54.1 Å². The molecule has 1 heterocycles. The average Bonchev–Trinajstić information content (AvgIpc) is 3.24. The van der Waals surface area contributed by atoms with E-state index in [4.69, 9.17) is 14.2 Å². The summed E-state index contributed by atoms with van der Waals surface area (Å²) in [5.41, 5.74) is -0.0895. The van der Waals surface area contributed by atoms with Crippen LogP contribution in [0.25, 0.3) is 0 Å². The molecule has 0 saturated heterocycles. The summed E-state index contributed by atoms with van der Waals surface area (Å²) < 4.78 is 21.4. The molecular weight excluding hydrogens is 444 g/mol. The van der Waals surface area contributed by atoms with Crippen molar-refractivity contribution in [3.8, 4) is 0 Å². The number of aryl methyl sites for hydroxylation is 1. The van der Waals surface area contributed by atoms with Crippen molar-refractivity contribution in [2.45, 2.75) is 80.1 Å². The number of carbonyl (C=O) groups is 2. The van der Waals surface area contributed by atoms with Crippen LogP contribution in [-0.4, -0.2) is 35.3 Å². The smallest absolute Gasteiger partial charge is 0.317 e. The summed E-state index contributed by atoms with van der Waals surface area (Å²) >= 11 is 0. The van der Waals surface area contributed by atoms with Gasteiger partial charge < -0.3 is 14.2 Å². The highest BCUT2D eigenvalue weighted by Crippen LogP contribution is 2.28. The van der Waals surface area contributed by atoms with Crippen LogP contribution < -0.4 is 4.57 Å². The van der Waals surface area contributed by atoms with Crippen molar-refractivity contribution in [1.82, 2.24) is 4.57 Å². The van der Waals surface area contributed by atoms with E-state index in [9.17, 15) is 9.59 Å². The predicted octanol–water partition coefficient (Wildman–Crippen LogP) is 4.60. The second kappa shape index (κ2) is 11.8. The van der Waals surface area contributed by atoms with Crippen LogP contribution in [-0.2, 0) is 44.0 Å². The highest BCUT2D eigenvalue weighted by molar-refractivity contribution is 5.79. The van der Waals surface area contributed by atoms with Gasteiger partial charge in [-0.15, -0.1) is 0 Å². The first-order valence-electron chi connectivity index (χ1n) is 12.4. The van der Waals surface area contributed by atoms with Gasteiger partial charge in [0, 0.05) is 0 Å². The molecule has 0 amide bonds. The topological polar surface area (TPSA) is 70.6 Å². The summed E-state index contributed by atoms with van der Waals surface area (Å²) in [4.78, 5) is 25.7. The molecule has 7 nitrogen and oxygen atoms in total. The highest BCUT2D eigenvalue weighted by atomic mass is 16.6. The van der Waals surface area contributed by atoms with Crippen LogP contribution in [0, 0.1) is 10.8 Å². The Hall–Kier alpha value is -2.67. The molecule has 2 rings (SSSR count). The van der Waals surface area contributed by atoms with E-state index in [1.165, 1.54) is 0 Å². The molecule has 0 aliphatic rings. The zero-order chi connectivity index (χ0) is 26.3. The molecule has 1 aromatic carbocycles. The largest absolute Gasteiger partial charge is 0.464 e. The van der Waals surface area contributed by atoms with Crippen LogP contribution in [0.2, 0.25) is 0 Å². The fraction of sp³-hybridized carbons (Fsp3) is 0.607. The van der Waals surface area contributed by atoms with E-state index in [0.717, 1.165) is 24.1 Å². The Morgan fingerprint density at radius 3 is 2.06 bits per heavy atom. The van der Waals surface area contributed by atoms with Gasteiger partial charge in [-0.25, -0.2) is 9.13 Å². The van der Waals surface area contributed by atoms with E-state index in [1.54, 1.807) is 6.92 Å². The van der Waals surface area contributed by atoms with E-state index in [1.807, 2.05) is 96.1 Å². The summed E-state index contributed by atoms with van der Waals surface area (Å²) in [7, 11) is 1.99. The molecular formula is C28H43N2O5+. The number of nitrogens with zero attached hydrogens (tertiary/aromatic N) is 2. The standard InChI is InChI=1S/C28H43N2O5/c1-9-26(3,4)24(31)34-19-28(7,20-35-27(5,6)10-2)25(32)33-18-23-13-11-22(12-14-23)17-30-16-15-29(8)21-30/h11-16,21H,9-10,17-20H2,1-8H3/q+1. The fourth-order valence-corrected chi connectivity index (χ4v) is 3.05. The van der Waals surface area contributed by atoms with Gasteiger partial charge in [0.15, 0.2) is 0 Å². The Balaban J connectivity index is 2.04. The van der Waals surface area contributed by atoms with Gasteiger partial charge in [0.1, 0.15) is 37.6 Å². The van der Waals surface area contributed by atoms with Crippen LogP contribution in [0.15, 0.2) is 43.0 Å². The SMILES string of the molecule is CCC(C)(C)OCC(C)(COC(=O)C(C)(C)CC)C(=O)OCc1ccc(Cn2cc[n+](C)c2)cc1. The minimum atomic E-state index is -1.12. The third kappa shape index (κ3) is 8.49. The van der Waals surface area contributed by atoms with Crippen LogP contribution >= 0.6 is 0 Å². The van der Waals surface area contributed by atoms with Gasteiger partial charge in [-0.1, -0.05) is 38.1 Å². The van der Waals surface area contributed by atoms with Gasteiger partial charge in [-0.3, -0.25) is 9.59 Å². The normalized spacial score (nSPS) is 13.8. The summed E-state index contributed by atoms with van der Waals surface area (Å²) in [6, 6.07) is 7.99. The van der Waals surface area contributed by atoms with Gasteiger partial charge >= 0.3 is 11.9 Å². The molecule has 1 aromatic heterocycles. The third-order valence-electron chi connectivity index (χ3n) is 6.67. The second-order valence-corrected chi connectivity index (χ2v) is 10.9. The summed E-state index contributed by atoms with van der Waals surface area (Å²) in [6.45, 7) is 14.2. The second-order valence-electron chi connectivity index (χ2n) is 10.9. The number of hydrogen-bond donors (Lipinski definition) is 0. The minimum Gasteiger partial charge on any atom is -0.464 e. The van der Waals surface area contributed by atoms with E-state index in [-0.39, 0.29) is 25.8 Å². The first kappa shape index (κ1) is 28.6. The number of carbonyl (C=O) groups excluding carboxylic acids is 2. The van der Waals surface area contributed by atoms with Crippen molar-refractivity contribution < 1.29 is 28.4 Å². The van der Waals surface area contributed by atoms with Crippen molar-refractivity contribution in [2.24, 2.45) is 17.9 Å². The Morgan fingerprint density at radius 1 is 0.886 bits per heavy atom. The van der Waals surface area contributed by atoms with Crippen molar-refractivity contribution in [3.63, 3.8) is 0 Å². The molecule has 0 fully saturated rings. The Labute approximate surface area is 210 Å². The predicted molar refractivity (Wildman–Crippen MR) is 134 cm³/mol. The van der Waals surface area contributed by atoms with E-state index in [2.05, 4.69) is 4.57 Å². The zero-order valence-electron chi connectivity index (χ0n) is 22.7. The molecule has 2 aromatic rings. The maximum atomic E-state index is 13.2. The van der Waals surface area contributed by atoms with Gasteiger partial charge in [0.2, 0.25) is 6.33 Å². The average molecular weight is 488 g/mol. The van der Waals surface area contributed by atoms with Crippen LogP contribution in [0.3, 0.4) is 0 Å². The number of rotatable bonds is 13. The van der Waals surface area contributed by atoms with Gasteiger partial charge in [-0.2, -0.15) is 0 Å². The van der Waals surface area contributed by atoms with E-state index in [0.29, 0.717) is 6.42 Å². The fourth-order valence-electron chi connectivity index (χ4n) is 3.05. The molecule has 0 radical (unpaired) electrons. The molecule has 0 spiro atoms. The lowest BCUT2D eigenvalue weighted by Crippen LogP contribution is -2.43. The Morgan fingerprint density at radius 2 is 1.51 bits per heavy atom. The molecule has 0 bridgehead atoms. The monoisotopic (exact) mass is 487 g/mol. The van der Waals surface area contributed by atoms with Gasteiger partial charge in [0.05, 0.1) is 24.7 Å². The minimum absolute atomic E-state index is 0.0961. The number of aromatic nitrogens is 2. The molecule has 0 saturated carbocycles. The molecule has 194 valence electrons. The zero-order valence-corrected chi connectivity index (χ0v) is 22.7. The number of imidazole rings is 1. The number of esters is 2.